The number of quaternary nitrogens is 1. The highest BCUT2D eigenvalue weighted by molar-refractivity contribution is 5.93. The van der Waals surface area contributed by atoms with Crippen LogP contribution in [0.4, 0.5) is 17.1 Å². The van der Waals surface area contributed by atoms with Crippen LogP contribution in [0.2, 0.25) is 0 Å². The second kappa shape index (κ2) is 11.4. The number of piperidine rings is 1. The summed E-state index contributed by atoms with van der Waals surface area (Å²) in [5.74, 6) is 0.514. The Hall–Kier alpha value is -3.06. The van der Waals surface area contributed by atoms with Crippen LogP contribution in [0.3, 0.4) is 0 Å². The van der Waals surface area contributed by atoms with E-state index in [1.54, 1.807) is 31.4 Å². The number of ether oxygens (including phenoxy) is 1. The van der Waals surface area contributed by atoms with E-state index in [1.165, 1.54) is 24.9 Å². The largest absolute Gasteiger partial charge is 0.497 e. The van der Waals surface area contributed by atoms with E-state index in [2.05, 4.69) is 27.7 Å². The lowest BCUT2D eigenvalue weighted by atomic mass is 10.1. The van der Waals surface area contributed by atoms with Crippen LogP contribution in [0.5, 0.6) is 5.75 Å². The maximum atomic E-state index is 12.5. The smallest absolute Gasteiger partial charge is 0.279 e. The summed E-state index contributed by atoms with van der Waals surface area (Å²) in [6, 6.07) is 15.2. The predicted octanol–water partition coefficient (Wildman–Crippen LogP) is 2.17. The Morgan fingerprint density at radius 3 is 1.87 bits per heavy atom. The number of benzene rings is 2. The Morgan fingerprint density at radius 1 is 0.871 bits per heavy atom. The molecule has 3 rings (SSSR count). The Balaban J connectivity index is 1.46. The van der Waals surface area contributed by atoms with Gasteiger partial charge in [0, 0.05) is 30.2 Å². The predicted molar refractivity (Wildman–Crippen MR) is 124 cm³/mol. The number of amides is 2. The molecule has 7 heteroatoms. The van der Waals surface area contributed by atoms with Crippen LogP contribution in [0.15, 0.2) is 48.5 Å². The summed E-state index contributed by atoms with van der Waals surface area (Å²) in [6.07, 6.45) is 3.78. The number of nitrogens with one attached hydrogen (secondary N) is 3. The molecule has 0 bridgehead atoms. The van der Waals surface area contributed by atoms with Crippen molar-refractivity contribution < 1.29 is 19.2 Å². The van der Waals surface area contributed by atoms with Gasteiger partial charge in [-0.05, 0) is 74.7 Å². The molecule has 0 aromatic heterocycles. The minimum atomic E-state index is -0.124. The van der Waals surface area contributed by atoms with Gasteiger partial charge in [-0.1, -0.05) is 0 Å². The number of rotatable bonds is 9. The molecule has 166 valence electrons. The third-order valence-electron chi connectivity index (χ3n) is 5.57. The number of likely N-dealkylation sites (N-methyl/N-ethyl adjacent to an activating group) is 1. The molecule has 1 fully saturated rings. The van der Waals surface area contributed by atoms with Gasteiger partial charge in [0.25, 0.3) is 11.8 Å². The Morgan fingerprint density at radius 2 is 1.39 bits per heavy atom. The molecule has 2 aromatic rings. The molecule has 3 N–H and O–H groups in total. The van der Waals surface area contributed by atoms with Crippen LogP contribution >= 0.6 is 0 Å². The molecule has 1 aliphatic heterocycles. The molecule has 1 unspecified atom stereocenters. The maximum absolute atomic E-state index is 12.5. The van der Waals surface area contributed by atoms with Crippen LogP contribution in [0.25, 0.3) is 0 Å². The number of anilines is 3. The summed E-state index contributed by atoms with van der Waals surface area (Å²) in [5.41, 5.74) is 2.69. The summed E-state index contributed by atoms with van der Waals surface area (Å²) >= 11 is 0. The van der Waals surface area contributed by atoms with Crippen LogP contribution in [-0.4, -0.2) is 51.6 Å². The van der Waals surface area contributed by atoms with E-state index in [0.29, 0.717) is 12.2 Å². The number of carbonyl (C=O) groups is 2. The summed E-state index contributed by atoms with van der Waals surface area (Å²) in [4.78, 5) is 28.1. The molecule has 7 nitrogen and oxygen atoms in total. The summed E-state index contributed by atoms with van der Waals surface area (Å²) in [7, 11) is 1.60. The maximum Gasteiger partial charge on any atom is 0.279 e. The van der Waals surface area contributed by atoms with Crippen molar-refractivity contribution in [2.24, 2.45) is 0 Å². The molecule has 2 amide bonds. The lowest BCUT2D eigenvalue weighted by molar-refractivity contribution is -0.881. The normalized spacial score (nSPS) is 14.6. The summed E-state index contributed by atoms with van der Waals surface area (Å²) < 4.78 is 5.12. The van der Waals surface area contributed by atoms with Crippen molar-refractivity contribution in [3.8, 4) is 5.75 Å². The van der Waals surface area contributed by atoms with E-state index in [9.17, 15) is 9.59 Å². The van der Waals surface area contributed by atoms with Gasteiger partial charge in [-0.3, -0.25) is 9.59 Å². The van der Waals surface area contributed by atoms with Gasteiger partial charge in [-0.2, -0.15) is 0 Å². The second-order valence-corrected chi connectivity index (χ2v) is 7.88. The van der Waals surface area contributed by atoms with E-state index >= 15 is 0 Å². The highest BCUT2D eigenvalue weighted by Gasteiger charge is 2.17. The average Bonchev–Trinajstić information content (AvgIpc) is 2.80. The third kappa shape index (κ3) is 7.00. The summed E-state index contributed by atoms with van der Waals surface area (Å²) in [5, 5.41) is 5.82. The molecule has 0 aliphatic carbocycles. The fraction of sp³-hybridized carbons (Fsp3) is 0.417. The van der Waals surface area contributed by atoms with Gasteiger partial charge in [0.15, 0.2) is 13.1 Å². The molecule has 1 saturated heterocycles. The van der Waals surface area contributed by atoms with Crippen molar-refractivity contribution >= 4 is 28.9 Å². The van der Waals surface area contributed by atoms with Gasteiger partial charge >= 0.3 is 0 Å². The van der Waals surface area contributed by atoms with E-state index in [-0.39, 0.29) is 24.9 Å². The molecule has 1 heterocycles. The Labute approximate surface area is 184 Å². The van der Waals surface area contributed by atoms with Gasteiger partial charge in [0.2, 0.25) is 0 Å². The molecule has 0 saturated carbocycles. The van der Waals surface area contributed by atoms with Crippen molar-refractivity contribution in [2.75, 3.05) is 55.4 Å². The van der Waals surface area contributed by atoms with Crippen LogP contribution in [0, 0.1) is 0 Å². The van der Waals surface area contributed by atoms with Gasteiger partial charge in [0.1, 0.15) is 5.75 Å². The fourth-order valence-electron chi connectivity index (χ4n) is 3.76. The van der Waals surface area contributed by atoms with Crippen molar-refractivity contribution in [1.82, 2.24) is 0 Å². The molecule has 1 aliphatic rings. The van der Waals surface area contributed by atoms with Crippen LogP contribution in [0.1, 0.15) is 26.2 Å². The number of methoxy groups -OCH3 is 1. The zero-order valence-electron chi connectivity index (χ0n) is 18.4. The van der Waals surface area contributed by atoms with Crippen LogP contribution < -0.4 is 25.2 Å². The minimum Gasteiger partial charge on any atom is -0.497 e. The first-order valence-corrected chi connectivity index (χ1v) is 11.0. The Bertz CT molecular complexity index is 846. The first kappa shape index (κ1) is 22.6. The SMILES string of the molecule is CC[NH+](CC(=O)Nc1ccc(OC)cc1)CC(=O)Nc1ccc(N2CCCCC2)cc1. The van der Waals surface area contributed by atoms with Crippen molar-refractivity contribution in [1.29, 1.82) is 0 Å². The van der Waals surface area contributed by atoms with Gasteiger partial charge in [-0.15, -0.1) is 0 Å². The highest BCUT2D eigenvalue weighted by atomic mass is 16.5. The molecule has 0 radical (unpaired) electrons. The number of hydrogen-bond acceptors (Lipinski definition) is 4. The molecule has 0 spiro atoms. The average molecular weight is 426 g/mol. The zero-order valence-corrected chi connectivity index (χ0v) is 18.4. The topological polar surface area (TPSA) is 75.1 Å². The van der Waals surface area contributed by atoms with E-state index < -0.39 is 0 Å². The molecule has 31 heavy (non-hydrogen) atoms. The second-order valence-electron chi connectivity index (χ2n) is 7.88. The fourth-order valence-corrected chi connectivity index (χ4v) is 3.76. The summed E-state index contributed by atoms with van der Waals surface area (Å²) in [6.45, 7) is 5.30. The van der Waals surface area contributed by atoms with E-state index in [4.69, 9.17) is 4.74 Å². The third-order valence-corrected chi connectivity index (χ3v) is 5.57. The number of hydrogen-bond donors (Lipinski definition) is 3. The quantitative estimate of drug-likeness (QED) is 0.576. The molecular formula is C24H33N4O3+. The standard InChI is InChI=1S/C24H32N4O3/c1-3-27(18-24(30)26-20-9-13-22(31-2)14-10-20)17-23(29)25-19-7-11-21(12-8-19)28-15-5-4-6-16-28/h7-14H,3-6,15-18H2,1-2H3,(H,25,29)(H,26,30)/p+1. The van der Waals surface area contributed by atoms with Gasteiger partial charge in [0.05, 0.1) is 13.7 Å². The van der Waals surface area contributed by atoms with Crippen molar-refractivity contribution in [3.63, 3.8) is 0 Å². The van der Waals surface area contributed by atoms with Crippen LogP contribution in [-0.2, 0) is 9.59 Å². The van der Waals surface area contributed by atoms with E-state index in [1.807, 2.05) is 19.1 Å². The lowest BCUT2D eigenvalue weighted by Crippen LogP contribution is -3.13. The molecular weight excluding hydrogens is 392 g/mol. The van der Waals surface area contributed by atoms with Gasteiger partial charge < -0.3 is 25.2 Å². The minimum absolute atomic E-state index is 0.0974. The van der Waals surface area contributed by atoms with Crippen molar-refractivity contribution in [2.45, 2.75) is 26.2 Å². The molecule has 1 atom stereocenters. The monoisotopic (exact) mass is 425 g/mol. The Kier molecular flexibility index (Phi) is 8.29. The lowest BCUT2D eigenvalue weighted by Gasteiger charge is -2.28. The highest BCUT2D eigenvalue weighted by Crippen LogP contribution is 2.21. The van der Waals surface area contributed by atoms with Gasteiger partial charge in [-0.25, -0.2) is 0 Å². The number of carbonyl (C=O) groups excluding carboxylic acids is 2. The number of nitrogens with zero attached hydrogens (tertiary/aromatic N) is 1. The molecule has 2 aromatic carbocycles. The van der Waals surface area contributed by atoms with E-state index in [0.717, 1.165) is 29.4 Å². The first-order valence-electron chi connectivity index (χ1n) is 11.0. The van der Waals surface area contributed by atoms with Crippen molar-refractivity contribution in [3.05, 3.63) is 48.5 Å². The zero-order chi connectivity index (χ0) is 22.1. The first-order chi connectivity index (χ1) is 15.1.